The van der Waals surface area contributed by atoms with Crippen molar-refractivity contribution >= 4 is 0 Å². The molecular weight excluding hydrogens is 288 g/mol. The number of ether oxygens (including phenoxy) is 6. The predicted molar refractivity (Wildman–Crippen MR) is 78.9 cm³/mol. The van der Waals surface area contributed by atoms with Crippen LogP contribution in [0.3, 0.4) is 0 Å². The summed E-state index contributed by atoms with van der Waals surface area (Å²) < 4.78 is 40.8. The van der Waals surface area contributed by atoms with Gasteiger partial charge in [-0.25, -0.2) is 0 Å². The first-order chi connectivity index (χ1) is 11.2. The van der Waals surface area contributed by atoms with E-state index in [1.165, 1.54) is 0 Å². The van der Waals surface area contributed by atoms with Crippen molar-refractivity contribution in [2.45, 2.75) is 32.1 Å². The van der Waals surface area contributed by atoms with Gasteiger partial charge in [0.25, 0.3) is 0 Å². The van der Waals surface area contributed by atoms with Crippen molar-refractivity contribution in [3.63, 3.8) is 0 Å². The number of hydrogen-bond acceptors (Lipinski definition) is 6. The largest absolute Gasteiger partial charge is 0.378 e. The standard InChI is InChI=1S/C16H28O6/c1-16(2,11-19-7-15-10-22-15)12(3-17-5-13-8-20-13)4-18-6-14-9-21-14/h12-15H,3-11H2,1-2H3/i1D. The van der Waals surface area contributed by atoms with Crippen molar-refractivity contribution in [2.75, 3.05) is 59.5 Å². The molecule has 6 nitrogen and oxygen atoms in total. The van der Waals surface area contributed by atoms with E-state index in [1.807, 2.05) is 0 Å². The summed E-state index contributed by atoms with van der Waals surface area (Å²) in [5.74, 6) is 0.109. The molecule has 22 heavy (non-hydrogen) atoms. The fourth-order valence-corrected chi connectivity index (χ4v) is 2.17. The Kier molecular flexibility index (Phi) is 5.25. The zero-order valence-electron chi connectivity index (χ0n) is 14.3. The minimum absolute atomic E-state index is 0.109. The molecule has 0 aliphatic carbocycles. The Balaban J connectivity index is 1.44. The molecule has 3 rings (SSSR count). The van der Waals surface area contributed by atoms with Crippen LogP contribution in [0.1, 0.15) is 15.2 Å². The molecule has 0 N–H and O–H groups in total. The third-order valence-electron chi connectivity index (χ3n) is 4.17. The Morgan fingerprint density at radius 1 is 0.955 bits per heavy atom. The predicted octanol–water partition coefficient (Wildman–Crippen LogP) is 0.875. The summed E-state index contributed by atoms with van der Waals surface area (Å²) in [4.78, 5) is 0. The Morgan fingerprint density at radius 2 is 1.41 bits per heavy atom. The lowest BCUT2D eigenvalue weighted by molar-refractivity contribution is -0.0509. The Labute approximate surface area is 133 Å². The van der Waals surface area contributed by atoms with Crippen LogP contribution in [0.25, 0.3) is 0 Å². The van der Waals surface area contributed by atoms with Gasteiger partial charge in [-0.2, -0.15) is 0 Å². The first-order valence-corrected chi connectivity index (χ1v) is 8.07. The molecule has 4 atom stereocenters. The molecule has 0 radical (unpaired) electrons. The Morgan fingerprint density at radius 3 is 1.82 bits per heavy atom. The molecule has 0 aromatic heterocycles. The molecule has 3 aliphatic rings. The molecule has 3 fully saturated rings. The average molecular weight is 317 g/mol. The fraction of sp³-hybridized carbons (Fsp3) is 1.00. The van der Waals surface area contributed by atoms with Gasteiger partial charge in [0.2, 0.25) is 0 Å². The van der Waals surface area contributed by atoms with Crippen LogP contribution in [0.2, 0.25) is 0 Å². The summed E-state index contributed by atoms with van der Waals surface area (Å²) in [6, 6.07) is 0. The Hall–Kier alpha value is -0.240. The van der Waals surface area contributed by atoms with Gasteiger partial charge in [-0.1, -0.05) is 13.8 Å². The van der Waals surface area contributed by atoms with Crippen LogP contribution in [-0.2, 0) is 28.4 Å². The molecule has 3 saturated heterocycles. The maximum Gasteiger partial charge on any atom is 0.104 e. The molecule has 0 bridgehead atoms. The van der Waals surface area contributed by atoms with Gasteiger partial charge in [-0.15, -0.1) is 0 Å². The molecule has 0 amide bonds. The first kappa shape index (κ1) is 15.3. The minimum Gasteiger partial charge on any atom is -0.378 e. The molecule has 128 valence electrons. The van der Waals surface area contributed by atoms with E-state index in [0.29, 0.717) is 39.6 Å². The smallest absolute Gasteiger partial charge is 0.104 e. The van der Waals surface area contributed by atoms with Gasteiger partial charge >= 0.3 is 0 Å². The summed E-state index contributed by atoms with van der Waals surface area (Å²) in [6.07, 6.45) is 0.749. The van der Waals surface area contributed by atoms with Gasteiger partial charge in [-0.05, 0) is 5.41 Å². The quantitative estimate of drug-likeness (QED) is 0.470. The van der Waals surface area contributed by atoms with Gasteiger partial charge in [0.15, 0.2) is 0 Å². The van der Waals surface area contributed by atoms with E-state index in [2.05, 4.69) is 6.92 Å². The van der Waals surface area contributed by atoms with E-state index in [4.69, 9.17) is 29.8 Å². The van der Waals surface area contributed by atoms with Crippen molar-refractivity contribution in [2.24, 2.45) is 11.3 Å². The second kappa shape index (κ2) is 7.55. The molecule has 0 aromatic carbocycles. The zero-order chi connectivity index (χ0) is 16.1. The maximum atomic E-state index is 7.98. The van der Waals surface area contributed by atoms with Gasteiger partial charge in [0.05, 0.1) is 59.5 Å². The summed E-state index contributed by atoms with van der Waals surface area (Å²) >= 11 is 0. The van der Waals surface area contributed by atoms with Crippen molar-refractivity contribution in [3.8, 4) is 0 Å². The minimum atomic E-state index is -0.302. The summed E-state index contributed by atoms with van der Waals surface area (Å²) in [7, 11) is 0. The highest BCUT2D eigenvalue weighted by Gasteiger charge is 2.33. The number of rotatable bonds is 13. The third kappa shape index (κ3) is 6.10. The van der Waals surface area contributed by atoms with Crippen LogP contribution in [0, 0.1) is 11.3 Å². The van der Waals surface area contributed by atoms with E-state index in [1.54, 1.807) is 0 Å². The van der Waals surface area contributed by atoms with Gasteiger partial charge < -0.3 is 28.4 Å². The number of epoxide rings is 3. The molecule has 0 saturated carbocycles. The third-order valence-corrected chi connectivity index (χ3v) is 4.17. The Bertz CT molecular complexity index is 340. The van der Waals surface area contributed by atoms with Crippen LogP contribution in [-0.4, -0.2) is 77.8 Å². The molecule has 3 aliphatic heterocycles. The van der Waals surface area contributed by atoms with Crippen LogP contribution in [0.15, 0.2) is 0 Å². The maximum absolute atomic E-state index is 7.98. The summed E-state index contributed by atoms with van der Waals surface area (Å²) in [5.41, 5.74) is -0.302. The SMILES string of the molecule is [2H]CC(C)(COCC1CO1)C(COCC1CO1)COCC1CO1. The average Bonchev–Trinajstić information content (AvgIpc) is 3.37. The summed E-state index contributed by atoms with van der Waals surface area (Å²) in [5, 5.41) is 0. The van der Waals surface area contributed by atoms with Gasteiger partial charge in [0, 0.05) is 7.29 Å². The lowest BCUT2D eigenvalue weighted by atomic mass is 9.80. The normalized spacial score (nSPS) is 33.9. The second-order valence-corrected chi connectivity index (χ2v) is 6.81. The van der Waals surface area contributed by atoms with Crippen LogP contribution in [0.5, 0.6) is 0 Å². The van der Waals surface area contributed by atoms with Crippen molar-refractivity contribution in [1.82, 2.24) is 0 Å². The van der Waals surface area contributed by atoms with Crippen molar-refractivity contribution < 1.29 is 29.8 Å². The van der Waals surface area contributed by atoms with Gasteiger partial charge in [-0.3, -0.25) is 0 Å². The molecule has 6 heteroatoms. The molecule has 0 spiro atoms. The molecular formula is C16H28O6. The van der Waals surface area contributed by atoms with E-state index in [-0.39, 0.29) is 36.5 Å². The van der Waals surface area contributed by atoms with Gasteiger partial charge in [0.1, 0.15) is 18.3 Å². The zero-order valence-corrected chi connectivity index (χ0v) is 13.3. The topological polar surface area (TPSA) is 65.3 Å². The number of hydrogen-bond donors (Lipinski definition) is 0. The van der Waals surface area contributed by atoms with Crippen molar-refractivity contribution in [1.29, 1.82) is 0 Å². The molecule has 3 heterocycles. The van der Waals surface area contributed by atoms with E-state index < -0.39 is 0 Å². The van der Waals surface area contributed by atoms with E-state index >= 15 is 0 Å². The van der Waals surface area contributed by atoms with Crippen LogP contribution in [0.4, 0.5) is 0 Å². The van der Waals surface area contributed by atoms with Crippen LogP contribution >= 0.6 is 0 Å². The van der Waals surface area contributed by atoms with E-state index in [9.17, 15) is 0 Å². The van der Waals surface area contributed by atoms with Crippen molar-refractivity contribution in [3.05, 3.63) is 0 Å². The highest BCUT2D eigenvalue weighted by atomic mass is 16.6. The fourth-order valence-electron chi connectivity index (χ4n) is 2.17. The second-order valence-electron chi connectivity index (χ2n) is 6.81. The monoisotopic (exact) mass is 317 g/mol. The van der Waals surface area contributed by atoms with Crippen LogP contribution < -0.4 is 0 Å². The lowest BCUT2D eigenvalue weighted by Gasteiger charge is -2.34. The summed E-state index contributed by atoms with van der Waals surface area (Å²) in [6.45, 7) is 8.21. The molecule has 0 aromatic rings. The first-order valence-electron chi connectivity index (χ1n) is 8.77. The lowest BCUT2D eigenvalue weighted by Crippen LogP contribution is -2.37. The highest BCUT2D eigenvalue weighted by Crippen LogP contribution is 2.29. The molecule has 4 unspecified atom stereocenters. The highest BCUT2D eigenvalue weighted by molar-refractivity contribution is 4.80. The van der Waals surface area contributed by atoms with E-state index in [0.717, 1.165) is 19.8 Å².